The summed E-state index contributed by atoms with van der Waals surface area (Å²) in [4.78, 5) is 19.4. The Morgan fingerprint density at radius 2 is 1.94 bits per heavy atom. The number of benzene rings is 1. The minimum absolute atomic E-state index is 0.187. The van der Waals surface area contributed by atoms with Crippen molar-refractivity contribution in [2.24, 2.45) is 0 Å². The molecule has 0 N–H and O–H groups in total. The molecule has 3 rings (SSSR count). The van der Waals surface area contributed by atoms with E-state index in [1.807, 2.05) is 20.8 Å². The number of aryl methyl sites for hydroxylation is 2. The summed E-state index contributed by atoms with van der Waals surface area (Å²) in [5.41, 5.74) is 3.55. The molecule has 2 heterocycles. The number of nitrogens with zero attached hydrogens (tertiary/aromatic N) is 3. The Hall–Kier alpha value is -2.49. The van der Waals surface area contributed by atoms with Gasteiger partial charge in [0.2, 0.25) is 10.0 Å². The zero-order valence-corrected chi connectivity index (χ0v) is 20.2. The van der Waals surface area contributed by atoms with Crippen molar-refractivity contribution in [1.82, 2.24) is 14.2 Å². The molecule has 0 radical (unpaired) electrons. The van der Waals surface area contributed by atoms with E-state index in [-0.39, 0.29) is 17.3 Å². The summed E-state index contributed by atoms with van der Waals surface area (Å²) in [5.74, 6) is 0.480. The van der Waals surface area contributed by atoms with Crippen molar-refractivity contribution in [1.29, 1.82) is 0 Å². The maximum atomic E-state index is 13.3. The van der Waals surface area contributed by atoms with E-state index in [4.69, 9.17) is 9.47 Å². The zero-order valence-electron chi connectivity index (χ0n) is 19.3. The third kappa shape index (κ3) is 4.79. The lowest BCUT2D eigenvalue weighted by atomic mass is 10.1. The second kappa shape index (κ2) is 9.97. The molecule has 0 spiro atoms. The lowest BCUT2D eigenvalue weighted by molar-refractivity contribution is 0.0729. The minimum atomic E-state index is -3.71. The molecular weight excluding hydrogens is 430 g/mol. The predicted octanol–water partition coefficient (Wildman–Crippen LogP) is 2.56. The van der Waals surface area contributed by atoms with Gasteiger partial charge in [-0.2, -0.15) is 4.31 Å². The Morgan fingerprint density at radius 3 is 2.56 bits per heavy atom. The number of ether oxygens (including phenoxy) is 2. The van der Waals surface area contributed by atoms with E-state index in [0.717, 1.165) is 22.6 Å². The summed E-state index contributed by atoms with van der Waals surface area (Å²) in [7, 11) is -0.421. The van der Waals surface area contributed by atoms with Crippen molar-refractivity contribution >= 4 is 15.9 Å². The molecule has 8 nitrogen and oxygen atoms in total. The van der Waals surface area contributed by atoms with E-state index in [1.54, 1.807) is 32.5 Å². The Morgan fingerprint density at radius 1 is 1.25 bits per heavy atom. The zero-order chi connectivity index (χ0) is 23.5. The minimum Gasteiger partial charge on any atom is -0.496 e. The van der Waals surface area contributed by atoms with Gasteiger partial charge in [0.25, 0.3) is 5.91 Å². The van der Waals surface area contributed by atoms with Crippen molar-refractivity contribution in [3.63, 3.8) is 0 Å². The van der Waals surface area contributed by atoms with E-state index in [0.29, 0.717) is 43.9 Å². The number of hydrogen-bond acceptors (Lipinski definition) is 6. The molecule has 2 aromatic rings. The van der Waals surface area contributed by atoms with Gasteiger partial charge in [-0.3, -0.25) is 9.78 Å². The predicted molar refractivity (Wildman–Crippen MR) is 121 cm³/mol. The van der Waals surface area contributed by atoms with Crippen LogP contribution in [0.3, 0.4) is 0 Å². The Balaban J connectivity index is 1.89. The molecule has 1 fully saturated rings. The van der Waals surface area contributed by atoms with Crippen LogP contribution in [0.2, 0.25) is 0 Å². The first kappa shape index (κ1) is 24.2. The van der Waals surface area contributed by atoms with Crippen molar-refractivity contribution < 1.29 is 22.7 Å². The van der Waals surface area contributed by atoms with E-state index in [2.05, 4.69) is 4.98 Å². The van der Waals surface area contributed by atoms with Gasteiger partial charge in [-0.1, -0.05) is 13.0 Å². The normalized spacial score (nSPS) is 14.9. The fourth-order valence-corrected chi connectivity index (χ4v) is 5.62. The van der Waals surface area contributed by atoms with E-state index in [9.17, 15) is 13.2 Å². The van der Waals surface area contributed by atoms with Gasteiger partial charge in [-0.05, 0) is 38.0 Å². The molecule has 32 heavy (non-hydrogen) atoms. The van der Waals surface area contributed by atoms with Crippen LogP contribution in [0.5, 0.6) is 5.75 Å². The van der Waals surface area contributed by atoms with Gasteiger partial charge in [0.15, 0.2) is 0 Å². The van der Waals surface area contributed by atoms with Crippen molar-refractivity contribution in [3.8, 4) is 5.75 Å². The number of pyridine rings is 1. The molecule has 1 aromatic heterocycles. The van der Waals surface area contributed by atoms with E-state index < -0.39 is 10.0 Å². The molecular formula is C23H31N3O5S. The van der Waals surface area contributed by atoms with Crippen molar-refractivity contribution in [2.75, 3.05) is 40.5 Å². The number of rotatable bonds is 7. The number of morpholine rings is 1. The fourth-order valence-electron chi connectivity index (χ4n) is 3.89. The second-order valence-electron chi connectivity index (χ2n) is 7.90. The molecule has 0 aliphatic carbocycles. The van der Waals surface area contributed by atoms with Crippen LogP contribution in [-0.4, -0.2) is 69.0 Å². The number of methoxy groups -OCH3 is 1. The van der Waals surface area contributed by atoms with Gasteiger partial charge in [0, 0.05) is 43.0 Å². The van der Waals surface area contributed by atoms with Gasteiger partial charge < -0.3 is 14.4 Å². The first-order chi connectivity index (χ1) is 15.2. The average Bonchev–Trinajstić information content (AvgIpc) is 2.80. The number of aromatic nitrogens is 1. The molecule has 174 valence electrons. The van der Waals surface area contributed by atoms with Crippen LogP contribution in [0.1, 0.15) is 39.7 Å². The van der Waals surface area contributed by atoms with Gasteiger partial charge in [-0.25, -0.2) is 8.42 Å². The van der Waals surface area contributed by atoms with Crippen LogP contribution in [0.25, 0.3) is 0 Å². The molecule has 0 bridgehead atoms. The topological polar surface area (TPSA) is 89.0 Å². The maximum absolute atomic E-state index is 13.3. The molecule has 0 atom stereocenters. The lowest BCUT2D eigenvalue weighted by Crippen LogP contribution is -2.41. The second-order valence-corrected chi connectivity index (χ2v) is 9.81. The highest BCUT2D eigenvalue weighted by atomic mass is 32.2. The summed E-state index contributed by atoms with van der Waals surface area (Å²) < 4.78 is 38.7. The van der Waals surface area contributed by atoms with Crippen LogP contribution in [0.15, 0.2) is 29.3 Å². The molecule has 1 saturated heterocycles. The van der Waals surface area contributed by atoms with E-state index >= 15 is 0 Å². The van der Waals surface area contributed by atoms with Gasteiger partial charge in [-0.15, -0.1) is 0 Å². The van der Waals surface area contributed by atoms with Crippen LogP contribution >= 0.6 is 0 Å². The lowest BCUT2D eigenvalue weighted by Gasteiger charge is -2.27. The number of sulfonamides is 1. The monoisotopic (exact) mass is 461 g/mol. The largest absolute Gasteiger partial charge is 0.496 e. The molecule has 1 aliphatic rings. The molecule has 1 aliphatic heterocycles. The number of hydrogen-bond donors (Lipinski definition) is 0. The van der Waals surface area contributed by atoms with Gasteiger partial charge >= 0.3 is 0 Å². The highest BCUT2D eigenvalue weighted by Gasteiger charge is 2.29. The first-order valence-corrected chi connectivity index (χ1v) is 12.1. The molecule has 1 aromatic carbocycles. The maximum Gasteiger partial charge on any atom is 0.253 e. The highest BCUT2D eigenvalue weighted by molar-refractivity contribution is 7.89. The molecule has 9 heteroatoms. The number of carbonyl (C=O) groups is 1. The van der Waals surface area contributed by atoms with Crippen LogP contribution in [0.4, 0.5) is 0 Å². The van der Waals surface area contributed by atoms with Crippen molar-refractivity contribution in [3.05, 3.63) is 52.3 Å². The summed E-state index contributed by atoms with van der Waals surface area (Å²) in [5, 5.41) is 0. The Labute approximate surface area is 190 Å². The number of amides is 1. The average molecular weight is 462 g/mol. The SMILES string of the molecule is CCc1ccc(C(=O)N(C)Cc2ncc(C)c(OC)c2C)cc1S(=O)(=O)N1CCOCC1. The van der Waals surface area contributed by atoms with Gasteiger partial charge in [0.05, 0.1) is 37.5 Å². The van der Waals surface area contributed by atoms with Crippen LogP contribution < -0.4 is 4.74 Å². The van der Waals surface area contributed by atoms with Crippen molar-refractivity contribution in [2.45, 2.75) is 38.6 Å². The van der Waals surface area contributed by atoms with Crippen LogP contribution in [-0.2, 0) is 27.7 Å². The standard InChI is InChI=1S/C23H31N3O5S/c1-6-18-7-8-19(13-21(18)32(28,29)26-9-11-31-12-10-26)23(27)25(4)15-20-17(3)22(30-5)16(2)14-24-20/h7-8,13-14H,6,9-12,15H2,1-5H3. The summed E-state index contributed by atoms with van der Waals surface area (Å²) in [6.07, 6.45) is 2.28. The van der Waals surface area contributed by atoms with Gasteiger partial charge in [0.1, 0.15) is 5.75 Å². The third-order valence-electron chi connectivity index (χ3n) is 5.77. The molecule has 0 unspecified atom stereocenters. The Bertz CT molecular complexity index is 1100. The Kier molecular flexibility index (Phi) is 7.53. The smallest absolute Gasteiger partial charge is 0.253 e. The summed E-state index contributed by atoms with van der Waals surface area (Å²) in [6.45, 7) is 7.37. The van der Waals surface area contributed by atoms with E-state index in [1.165, 1.54) is 15.3 Å². The molecule has 0 saturated carbocycles. The van der Waals surface area contributed by atoms with Crippen LogP contribution in [0, 0.1) is 13.8 Å². The quantitative estimate of drug-likeness (QED) is 0.630. The fraction of sp³-hybridized carbons (Fsp3) is 0.478. The number of carbonyl (C=O) groups excluding carboxylic acids is 1. The highest BCUT2D eigenvalue weighted by Crippen LogP contribution is 2.26. The first-order valence-electron chi connectivity index (χ1n) is 10.7. The molecule has 1 amide bonds. The summed E-state index contributed by atoms with van der Waals surface area (Å²) >= 11 is 0. The summed E-state index contributed by atoms with van der Waals surface area (Å²) in [6, 6.07) is 4.91. The third-order valence-corrected chi connectivity index (χ3v) is 7.75.